The van der Waals surface area contributed by atoms with Crippen LogP contribution in [0.3, 0.4) is 0 Å². The van der Waals surface area contributed by atoms with Crippen LogP contribution in [0.5, 0.6) is 5.75 Å². The number of rotatable bonds is 6. The van der Waals surface area contributed by atoms with E-state index in [9.17, 15) is 49.4 Å². The van der Waals surface area contributed by atoms with Crippen molar-refractivity contribution >= 4 is 5.97 Å². The number of ether oxygens (including phenoxy) is 1. The molecule has 1 N–H and O–H groups in total. The normalized spacial score (nSPS) is 16.4. The van der Waals surface area contributed by atoms with Gasteiger partial charge in [0.1, 0.15) is 11.3 Å². The van der Waals surface area contributed by atoms with Gasteiger partial charge in [-0.2, -0.15) is 39.5 Å². The number of carboxylic acid groups (broad SMARTS) is 1. The van der Waals surface area contributed by atoms with Gasteiger partial charge in [0.25, 0.3) is 0 Å². The summed E-state index contributed by atoms with van der Waals surface area (Å²) in [5, 5.41) is 9.79. The van der Waals surface area contributed by atoms with E-state index in [1.54, 1.807) is 0 Å². The number of aliphatic carboxylic acids is 1. The van der Waals surface area contributed by atoms with Crippen molar-refractivity contribution < 1.29 is 54.2 Å². The number of hydrogen-bond acceptors (Lipinski definition) is 2. The Kier molecular flexibility index (Phi) is 7.33. The molecule has 3 rings (SSSR count). The largest absolute Gasteiger partial charge is 0.483 e. The third-order valence-electron chi connectivity index (χ3n) is 5.82. The molecule has 0 bridgehead atoms. The fourth-order valence-electron chi connectivity index (χ4n) is 4.36. The molecule has 0 radical (unpaired) electrons. The summed E-state index contributed by atoms with van der Waals surface area (Å²) in [6.45, 7) is -2.08. The lowest BCUT2D eigenvalue weighted by atomic mass is 9.82. The summed E-state index contributed by atoms with van der Waals surface area (Å²) in [7, 11) is 0. The first-order chi connectivity index (χ1) is 16.1. The van der Waals surface area contributed by atoms with Crippen molar-refractivity contribution in [3.8, 4) is 16.9 Å². The summed E-state index contributed by atoms with van der Waals surface area (Å²) < 4.78 is 124. The molecule has 3 nitrogen and oxygen atoms in total. The topological polar surface area (TPSA) is 46.5 Å². The molecule has 12 heteroatoms. The summed E-state index contributed by atoms with van der Waals surface area (Å²) in [4.78, 5) is 12.0. The molecule has 192 valence electrons. The van der Waals surface area contributed by atoms with Gasteiger partial charge in [-0.25, -0.2) is 0 Å². The fourth-order valence-corrected chi connectivity index (χ4v) is 4.36. The van der Waals surface area contributed by atoms with Crippen LogP contribution in [0.4, 0.5) is 39.5 Å². The van der Waals surface area contributed by atoms with Gasteiger partial charge >= 0.3 is 24.5 Å². The van der Waals surface area contributed by atoms with Crippen molar-refractivity contribution in [2.24, 2.45) is 5.92 Å². The average Bonchev–Trinajstić information content (AvgIpc) is 3.24. The van der Waals surface area contributed by atoms with E-state index in [2.05, 4.69) is 4.74 Å². The average molecular weight is 514 g/mol. The van der Waals surface area contributed by atoms with Gasteiger partial charge in [-0.3, -0.25) is 4.79 Å². The number of carboxylic acids is 1. The highest BCUT2D eigenvalue weighted by molar-refractivity contribution is 5.80. The second-order valence-corrected chi connectivity index (χ2v) is 8.28. The first-order valence-corrected chi connectivity index (χ1v) is 10.4. The van der Waals surface area contributed by atoms with Crippen LogP contribution in [0.2, 0.25) is 0 Å². The molecule has 0 amide bonds. The van der Waals surface area contributed by atoms with Crippen LogP contribution in [0.1, 0.15) is 48.3 Å². The van der Waals surface area contributed by atoms with Crippen molar-refractivity contribution in [3.63, 3.8) is 0 Å². The molecule has 2 aromatic rings. The van der Waals surface area contributed by atoms with E-state index in [0.29, 0.717) is 43.9 Å². The summed E-state index contributed by atoms with van der Waals surface area (Å²) in [5.74, 6) is -4.43. The van der Waals surface area contributed by atoms with Crippen molar-refractivity contribution in [2.75, 3.05) is 6.61 Å². The van der Waals surface area contributed by atoms with E-state index in [1.807, 2.05) is 0 Å². The van der Waals surface area contributed by atoms with Crippen LogP contribution in [-0.2, 0) is 17.1 Å². The molecule has 2 aromatic carbocycles. The Balaban J connectivity index is 2.25. The van der Waals surface area contributed by atoms with Crippen LogP contribution in [-0.4, -0.2) is 23.9 Å². The lowest BCUT2D eigenvalue weighted by Crippen LogP contribution is -2.23. The second kappa shape index (κ2) is 9.62. The highest BCUT2D eigenvalue weighted by Crippen LogP contribution is 2.47. The van der Waals surface area contributed by atoms with Crippen LogP contribution < -0.4 is 4.74 Å². The van der Waals surface area contributed by atoms with Gasteiger partial charge < -0.3 is 9.84 Å². The van der Waals surface area contributed by atoms with Crippen molar-refractivity contribution in [2.45, 2.75) is 50.1 Å². The minimum atomic E-state index is -5.26. The Bertz CT molecular complexity index is 1050. The Morgan fingerprint density at radius 3 is 1.94 bits per heavy atom. The van der Waals surface area contributed by atoms with Gasteiger partial charge in [0.2, 0.25) is 0 Å². The zero-order valence-corrected chi connectivity index (χ0v) is 17.8. The zero-order chi connectivity index (χ0) is 26.2. The van der Waals surface area contributed by atoms with Gasteiger partial charge in [0, 0.05) is 0 Å². The van der Waals surface area contributed by atoms with Gasteiger partial charge in [0.05, 0.1) is 11.5 Å². The smallest absolute Gasteiger partial charge is 0.422 e. The Morgan fingerprint density at radius 2 is 1.49 bits per heavy atom. The van der Waals surface area contributed by atoms with E-state index in [0.717, 1.165) is 18.2 Å². The molecule has 1 fully saturated rings. The molecule has 0 aliphatic heterocycles. The van der Waals surface area contributed by atoms with Crippen molar-refractivity contribution in [1.29, 1.82) is 0 Å². The van der Waals surface area contributed by atoms with Gasteiger partial charge in [-0.15, -0.1) is 0 Å². The van der Waals surface area contributed by atoms with Crippen LogP contribution in [0, 0.1) is 5.92 Å². The van der Waals surface area contributed by atoms with Crippen LogP contribution in [0.15, 0.2) is 36.4 Å². The summed E-state index contributed by atoms with van der Waals surface area (Å²) in [6, 6.07) is 4.06. The maximum absolute atomic E-state index is 14.0. The maximum Gasteiger partial charge on any atom is 0.422 e. The first-order valence-electron chi connectivity index (χ1n) is 10.4. The van der Waals surface area contributed by atoms with Gasteiger partial charge in [0.15, 0.2) is 6.61 Å². The Labute approximate surface area is 193 Å². The highest BCUT2D eigenvalue weighted by atomic mass is 19.4. The minimum absolute atomic E-state index is 0.218. The molecule has 1 atom stereocenters. The van der Waals surface area contributed by atoms with Gasteiger partial charge in [-0.05, 0) is 59.7 Å². The SMILES string of the molecule is O=C(O)C(c1cc(OCC(F)(F)F)c(C(F)(F)F)c(-c2ccc(C(F)(F)F)cc2)c1)C1CCCC1. The first kappa shape index (κ1) is 26.7. The minimum Gasteiger partial charge on any atom is -0.483 e. The number of benzene rings is 2. The molecular formula is C23H19F9O3. The second-order valence-electron chi connectivity index (χ2n) is 8.28. The predicted octanol–water partition coefficient (Wildman–Crippen LogP) is 7.69. The third kappa shape index (κ3) is 6.40. The summed E-state index contributed by atoms with van der Waals surface area (Å²) in [5.41, 5.74) is -4.16. The highest BCUT2D eigenvalue weighted by Gasteiger charge is 2.41. The van der Waals surface area contributed by atoms with Gasteiger partial charge in [-0.1, -0.05) is 25.0 Å². The van der Waals surface area contributed by atoms with Crippen molar-refractivity contribution in [3.05, 3.63) is 53.1 Å². The maximum atomic E-state index is 14.0. The number of carbonyl (C=O) groups is 1. The number of halogens is 9. The summed E-state index contributed by atoms with van der Waals surface area (Å²) in [6.07, 6.45) is -12.8. The van der Waals surface area contributed by atoms with E-state index in [-0.39, 0.29) is 11.1 Å². The summed E-state index contributed by atoms with van der Waals surface area (Å²) >= 11 is 0. The van der Waals surface area contributed by atoms with E-state index >= 15 is 0 Å². The number of hydrogen-bond donors (Lipinski definition) is 1. The Hall–Kier alpha value is -2.92. The lowest BCUT2D eigenvalue weighted by molar-refractivity contribution is -0.158. The molecule has 1 saturated carbocycles. The predicted molar refractivity (Wildman–Crippen MR) is 106 cm³/mol. The van der Waals surface area contributed by atoms with E-state index in [1.165, 1.54) is 0 Å². The lowest BCUT2D eigenvalue weighted by Gasteiger charge is -2.25. The quantitative estimate of drug-likeness (QED) is 0.402. The van der Waals surface area contributed by atoms with Crippen LogP contribution >= 0.6 is 0 Å². The molecule has 0 heterocycles. The Morgan fingerprint density at radius 1 is 0.914 bits per heavy atom. The van der Waals surface area contributed by atoms with E-state index < -0.39 is 65.4 Å². The number of alkyl halides is 9. The molecule has 1 aliphatic carbocycles. The van der Waals surface area contributed by atoms with Crippen molar-refractivity contribution in [1.82, 2.24) is 0 Å². The molecule has 1 aliphatic rings. The fraction of sp³-hybridized carbons (Fsp3) is 0.435. The monoisotopic (exact) mass is 514 g/mol. The standard InChI is InChI=1S/C23H19F9O3/c24-21(25,26)11-35-17-10-14(18(20(33)34)13-3-1-2-4-13)9-16(19(17)23(30,31)32)12-5-7-15(8-6-12)22(27,28)29/h5-10,13,18H,1-4,11H2,(H,33,34). The molecular weight excluding hydrogens is 495 g/mol. The van der Waals surface area contributed by atoms with E-state index in [4.69, 9.17) is 0 Å². The molecule has 0 spiro atoms. The molecule has 0 saturated heterocycles. The third-order valence-corrected chi connectivity index (χ3v) is 5.82. The van der Waals surface area contributed by atoms with Crippen LogP contribution in [0.25, 0.3) is 11.1 Å². The molecule has 1 unspecified atom stereocenters. The zero-order valence-electron chi connectivity index (χ0n) is 17.8. The molecule has 0 aromatic heterocycles. The molecule has 35 heavy (non-hydrogen) atoms.